The van der Waals surface area contributed by atoms with E-state index >= 15 is 0 Å². The quantitative estimate of drug-likeness (QED) is 0.846. The fourth-order valence-electron chi connectivity index (χ4n) is 4.39. The first-order chi connectivity index (χ1) is 9.36. The van der Waals surface area contributed by atoms with Crippen LogP contribution in [0.1, 0.15) is 65.7 Å². The van der Waals surface area contributed by atoms with Crippen molar-refractivity contribution in [2.24, 2.45) is 28.9 Å². The van der Waals surface area contributed by atoms with E-state index in [1.54, 1.807) is 0 Å². The van der Waals surface area contributed by atoms with E-state index in [1.165, 1.54) is 58.0 Å². The summed E-state index contributed by atoms with van der Waals surface area (Å²) in [5.74, 6) is 2.52. The Hall–Kier alpha value is -0.0800. The van der Waals surface area contributed by atoms with Gasteiger partial charge < -0.3 is 10.6 Å². The molecule has 0 heterocycles. The fraction of sp³-hybridized carbons (Fsp3) is 1.00. The van der Waals surface area contributed by atoms with Crippen molar-refractivity contribution in [1.82, 2.24) is 4.90 Å². The molecule has 0 aromatic rings. The Balaban J connectivity index is 1.82. The van der Waals surface area contributed by atoms with Crippen LogP contribution >= 0.6 is 0 Å². The molecule has 0 aromatic heterocycles. The Morgan fingerprint density at radius 1 is 1.00 bits per heavy atom. The van der Waals surface area contributed by atoms with Crippen LogP contribution in [0.25, 0.3) is 0 Å². The van der Waals surface area contributed by atoms with Crippen LogP contribution in [-0.4, -0.2) is 31.1 Å². The molecule has 2 saturated carbocycles. The monoisotopic (exact) mass is 280 g/mol. The summed E-state index contributed by atoms with van der Waals surface area (Å²) in [5.41, 5.74) is 6.86. The van der Waals surface area contributed by atoms with Crippen LogP contribution in [0.5, 0.6) is 0 Å². The highest BCUT2D eigenvalue weighted by molar-refractivity contribution is 4.88. The zero-order valence-corrected chi connectivity index (χ0v) is 14.2. The van der Waals surface area contributed by atoms with Crippen molar-refractivity contribution in [2.75, 3.05) is 20.1 Å². The molecule has 2 aliphatic carbocycles. The first-order valence-electron chi connectivity index (χ1n) is 8.80. The van der Waals surface area contributed by atoms with Gasteiger partial charge in [-0.2, -0.15) is 0 Å². The van der Waals surface area contributed by atoms with Crippen molar-refractivity contribution >= 4 is 0 Å². The summed E-state index contributed by atoms with van der Waals surface area (Å²) in [7, 11) is 2.31. The predicted molar refractivity (Wildman–Crippen MR) is 87.7 cm³/mol. The number of rotatable bonds is 4. The van der Waals surface area contributed by atoms with Crippen molar-refractivity contribution in [1.29, 1.82) is 0 Å². The molecule has 2 rings (SSSR count). The van der Waals surface area contributed by atoms with Crippen molar-refractivity contribution in [3.63, 3.8) is 0 Å². The van der Waals surface area contributed by atoms with Gasteiger partial charge in [-0.05, 0) is 62.3 Å². The third-order valence-corrected chi connectivity index (χ3v) is 5.86. The first kappa shape index (κ1) is 16.3. The third kappa shape index (κ3) is 4.46. The lowest BCUT2D eigenvalue weighted by molar-refractivity contribution is 0.102. The fourth-order valence-corrected chi connectivity index (χ4v) is 4.39. The molecule has 2 heteroatoms. The molecule has 2 nitrogen and oxygen atoms in total. The van der Waals surface area contributed by atoms with E-state index in [4.69, 9.17) is 5.73 Å². The smallest absolute Gasteiger partial charge is 0.00795 e. The van der Waals surface area contributed by atoms with Crippen LogP contribution in [-0.2, 0) is 0 Å². The summed E-state index contributed by atoms with van der Waals surface area (Å²) < 4.78 is 0. The minimum atomic E-state index is 0.430. The second kappa shape index (κ2) is 6.79. The Morgan fingerprint density at radius 2 is 1.65 bits per heavy atom. The molecular formula is C18H36N2. The molecule has 20 heavy (non-hydrogen) atoms. The van der Waals surface area contributed by atoms with Crippen LogP contribution in [0.4, 0.5) is 0 Å². The average Bonchev–Trinajstić information content (AvgIpc) is 2.83. The van der Waals surface area contributed by atoms with Gasteiger partial charge in [0.1, 0.15) is 0 Å². The van der Waals surface area contributed by atoms with E-state index in [0.29, 0.717) is 17.4 Å². The summed E-state index contributed by atoms with van der Waals surface area (Å²) in [6, 6.07) is 0.430. The van der Waals surface area contributed by atoms with Gasteiger partial charge >= 0.3 is 0 Å². The zero-order valence-electron chi connectivity index (χ0n) is 14.2. The predicted octanol–water partition coefficient (Wildman–Crippen LogP) is 3.90. The Kier molecular flexibility index (Phi) is 5.53. The van der Waals surface area contributed by atoms with Crippen molar-refractivity contribution in [3.8, 4) is 0 Å². The normalized spacial score (nSPS) is 33.0. The molecule has 0 spiro atoms. The van der Waals surface area contributed by atoms with Crippen molar-refractivity contribution in [3.05, 3.63) is 0 Å². The molecule has 0 aromatic carbocycles. The second-order valence-electron chi connectivity index (χ2n) is 8.67. The Morgan fingerprint density at radius 3 is 2.25 bits per heavy atom. The van der Waals surface area contributed by atoms with E-state index < -0.39 is 0 Å². The van der Waals surface area contributed by atoms with Gasteiger partial charge in [0.2, 0.25) is 0 Å². The molecule has 0 amide bonds. The zero-order chi connectivity index (χ0) is 14.8. The highest BCUT2D eigenvalue weighted by Gasteiger charge is 2.34. The summed E-state index contributed by atoms with van der Waals surface area (Å²) in [5, 5.41) is 0. The topological polar surface area (TPSA) is 29.3 Å². The molecule has 0 saturated heterocycles. The lowest BCUT2D eigenvalue weighted by atomic mass is 9.67. The van der Waals surface area contributed by atoms with Crippen LogP contribution < -0.4 is 5.73 Å². The van der Waals surface area contributed by atoms with Crippen LogP contribution in [0.2, 0.25) is 0 Å². The largest absolute Gasteiger partial charge is 0.327 e. The molecular weight excluding hydrogens is 244 g/mol. The highest BCUT2D eigenvalue weighted by Crippen LogP contribution is 2.40. The molecule has 2 fully saturated rings. The van der Waals surface area contributed by atoms with Gasteiger partial charge in [0.05, 0.1) is 0 Å². The molecule has 0 radical (unpaired) electrons. The standard InChI is InChI=1S/C18H36N2/c1-18(2,3)16-9-10-17(19)15(11-16)13-20(4)12-14-7-5-6-8-14/h14-17H,5-13,19H2,1-4H3. The third-order valence-electron chi connectivity index (χ3n) is 5.86. The number of hydrogen-bond donors (Lipinski definition) is 1. The SMILES string of the molecule is CN(CC1CCCC1)CC1CC(C(C)(C)C)CCC1N. The molecule has 0 aliphatic heterocycles. The lowest BCUT2D eigenvalue weighted by Gasteiger charge is -2.42. The number of nitrogens with two attached hydrogens (primary N) is 1. The van der Waals surface area contributed by atoms with Crippen LogP contribution in [0.15, 0.2) is 0 Å². The maximum Gasteiger partial charge on any atom is 0.00795 e. The summed E-state index contributed by atoms with van der Waals surface area (Å²) in [6.07, 6.45) is 9.69. The number of hydrogen-bond acceptors (Lipinski definition) is 2. The molecule has 0 bridgehead atoms. The van der Waals surface area contributed by atoms with Gasteiger partial charge in [0, 0.05) is 19.1 Å². The lowest BCUT2D eigenvalue weighted by Crippen LogP contribution is -2.45. The summed E-state index contributed by atoms with van der Waals surface area (Å²) in [6.45, 7) is 9.70. The molecule has 3 atom stereocenters. The van der Waals surface area contributed by atoms with Crippen molar-refractivity contribution < 1.29 is 0 Å². The van der Waals surface area contributed by atoms with Crippen LogP contribution in [0.3, 0.4) is 0 Å². The average molecular weight is 280 g/mol. The number of nitrogens with zero attached hydrogens (tertiary/aromatic N) is 1. The summed E-state index contributed by atoms with van der Waals surface area (Å²) in [4.78, 5) is 2.57. The Labute approximate surface area is 126 Å². The van der Waals surface area contributed by atoms with Gasteiger partial charge in [0.25, 0.3) is 0 Å². The van der Waals surface area contributed by atoms with Gasteiger partial charge in [-0.25, -0.2) is 0 Å². The minimum absolute atomic E-state index is 0.430. The van der Waals surface area contributed by atoms with Gasteiger partial charge in [-0.3, -0.25) is 0 Å². The van der Waals surface area contributed by atoms with E-state index in [0.717, 1.165) is 11.8 Å². The van der Waals surface area contributed by atoms with Crippen molar-refractivity contribution in [2.45, 2.75) is 71.8 Å². The molecule has 118 valence electrons. The van der Waals surface area contributed by atoms with E-state index in [-0.39, 0.29) is 0 Å². The molecule has 2 aliphatic rings. The van der Waals surface area contributed by atoms with Gasteiger partial charge in [0.15, 0.2) is 0 Å². The van der Waals surface area contributed by atoms with E-state index in [9.17, 15) is 0 Å². The first-order valence-corrected chi connectivity index (χ1v) is 8.80. The second-order valence-corrected chi connectivity index (χ2v) is 8.67. The maximum absolute atomic E-state index is 6.41. The molecule has 2 N–H and O–H groups in total. The van der Waals surface area contributed by atoms with Crippen LogP contribution in [0, 0.1) is 23.2 Å². The Bertz CT molecular complexity index is 288. The minimum Gasteiger partial charge on any atom is -0.327 e. The van der Waals surface area contributed by atoms with Gasteiger partial charge in [-0.1, -0.05) is 33.6 Å². The van der Waals surface area contributed by atoms with E-state index in [2.05, 4.69) is 32.7 Å². The molecule has 3 unspecified atom stereocenters. The summed E-state index contributed by atoms with van der Waals surface area (Å²) >= 11 is 0. The maximum atomic E-state index is 6.41. The van der Waals surface area contributed by atoms with E-state index in [1.807, 2.05) is 0 Å². The van der Waals surface area contributed by atoms with Gasteiger partial charge in [-0.15, -0.1) is 0 Å². The highest BCUT2D eigenvalue weighted by atomic mass is 15.1.